The van der Waals surface area contributed by atoms with Crippen molar-refractivity contribution >= 4 is 125 Å². The zero-order valence-corrected chi connectivity index (χ0v) is 59.9. The molecule has 47 heteroatoms. The van der Waals surface area contributed by atoms with Gasteiger partial charge in [-0.25, -0.2) is 0 Å². The highest BCUT2D eigenvalue weighted by Gasteiger charge is 2.36. The van der Waals surface area contributed by atoms with Gasteiger partial charge in [0.15, 0.2) is 47.7 Å². The molecule has 44 N–H and O–H groups in total. The molecule has 0 heterocycles. The predicted molar refractivity (Wildman–Crippen MR) is 398 cm³/mol. The van der Waals surface area contributed by atoms with Crippen molar-refractivity contribution in [2.24, 2.45) is 143 Å². The van der Waals surface area contributed by atoms with Gasteiger partial charge < -0.3 is 151 Å². The number of aliphatic imine (C=N–C) groups is 8. The van der Waals surface area contributed by atoms with Crippen molar-refractivity contribution in [2.45, 2.75) is 171 Å². The monoisotopic (exact) mass is 1500 g/mol. The zero-order valence-electron chi connectivity index (χ0n) is 59.0. The zero-order chi connectivity index (χ0) is 78.9. The minimum atomic E-state index is -1.59. The highest BCUT2D eigenvalue weighted by atomic mass is 32.1. The molecule has 0 unspecified atom stereocenters. The summed E-state index contributed by atoms with van der Waals surface area (Å²) in [6, 6.07) is -13.3. The van der Waals surface area contributed by atoms with Crippen LogP contribution >= 0.6 is 12.6 Å². The Labute approximate surface area is 608 Å². The average molecular weight is 1500 g/mol. The van der Waals surface area contributed by atoms with Crippen LogP contribution in [0.25, 0.3) is 0 Å². The molecule has 0 aliphatic carbocycles. The third kappa shape index (κ3) is 44.7. The van der Waals surface area contributed by atoms with E-state index in [9.17, 15) is 52.7 Å². The minimum Gasteiger partial charge on any atom is -0.370 e. The van der Waals surface area contributed by atoms with Crippen LogP contribution in [-0.4, -0.2) is 232 Å². The molecule has 0 radical (unpaired) electrons. The Morgan fingerprint density at radius 1 is 0.260 bits per heavy atom. The van der Waals surface area contributed by atoms with Crippen LogP contribution in [-0.2, 0) is 52.7 Å². The van der Waals surface area contributed by atoms with Crippen LogP contribution in [0.2, 0.25) is 0 Å². The van der Waals surface area contributed by atoms with E-state index in [1.807, 2.05) is 0 Å². The van der Waals surface area contributed by atoms with Crippen LogP contribution in [0.5, 0.6) is 0 Å². The van der Waals surface area contributed by atoms with E-state index in [1.54, 1.807) is 13.8 Å². The Morgan fingerprint density at radius 3 is 0.567 bits per heavy atom. The van der Waals surface area contributed by atoms with E-state index in [0.29, 0.717) is 0 Å². The van der Waals surface area contributed by atoms with Crippen LogP contribution in [0, 0.1) is 5.92 Å². The van der Waals surface area contributed by atoms with E-state index in [-0.39, 0.29) is 209 Å². The number of guanidine groups is 8. The quantitative estimate of drug-likeness (QED) is 0.0116. The highest BCUT2D eigenvalue weighted by Crippen LogP contribution is 2.12. The molecule has 0 saturated heterocycles. The first-order chi connectivity index (χ1) is 49.0. The van der Waals surface area contributed by atoms with E-state index in [4.69, 9.17) is 97.5 Å². The first-order valence-corrected chi connectivity index (χ1v) is 33.9. The molecule has 9 atom stereocenters. The highest BCUT2D eigenvalue weighted by molar-refractivity contribution is 7.80. The maximum atomic E-state index is 14.9. The van der Waals surface area contributed by atoms with Crippen molar-refractivity contribution in [3.05, 3.63) is 0 Å². The van der Waals surface area contributed by atoms with E-state index in [0.717, 1.165) is 0 Å². The van der Waals surface area contributed by atoms with Crippen molar-refractivity contribution in [1.29, 1.82) is 0 Å². The summed E-state index contributed by atoms with van der Waals surface area (Å²) in [4.78, 5) is 185. The van der Waals surface area contributed by atoms with E-state index in [1.165, 1.54) is 0 Å². The fraction of sp³-hybridized carbons (Fsp3) is 0.667. The number of amides is 11. The second-order valence-electron chi connectivity index (χ2n) is 23.7. The van der Waals surface area contributed by atoms with Gasteiger partial charge in [0.25, 0.3) is 0 Å². The molecule has 0 rings (SSSR count). The van der Waals surface area contributed by atoms with Crippen molar-refractivity contribution in [2.75, 3.05) is 64.7 Å². The molecule has 104 heavy (non-hydrogen) atoms. The van der Waals surface area contributed by atoms with Gasteiger partial charge in [-0.05, 0) is 103 Å². The maximum absolute atomic E-state index is 14.9. The van der Waals surface area contributed by atoms with Gasteiger partial charge in [-0.3, -0.25) is 92.7 Å². The molecule has 0 spiro atoms. The summed E-state index contributed by atoms with van der Waals surface area (Å²) in [5.74, 6) is -12.7. The normalized spacial score (nSPS) is 13.2. The first-order valence-electron chi connectivity index (χ1n) is 33.3. The largest absolute Gasteiger partial charge is 0.370 e. The van der Waals surface area contributed by atoms with Gasteiger partial charge in [-0.2, -0.15) is 12.6 Å². The van der Waals surface area contributed by atoms with Gasteiger partial charge in [-0.1, -0.05) is 13.8 Å². The first kappa shape index (κ1) is 92.7. The SMILES string of the molecule is CC(C)C(=O)NCC(=O)N[C@H](CCCN=C(N)N)C(=O)N[C@H](CCCN=C(N)N)C(=O)N[C@H](CCCN=C(N)N)C(=O)N[C@H](CCCN=C(N)N)C(=O)N[C@H](CCCN=C(N)N)C(=O)N[C@H](CCCN=C(N)N)C(=O)N[C@H](CCCN=C(N)N)C(=O)N[C@H](CCCN=C(N)N)C(=O)N[C@H](CS)C(N)=O. The Kier molecular flexibility index (Phi) is 46.9. The van der Waals surface area contributed by atoms with Crippen LogP contribution in [0.1, 0.15) is 117 Å². The topological polar surface area (TPSA) is 849 Å². The summed E-state index contributed by atoms with van der Waals surface area (Å²) in [7, 11) is 0. The number of carbonyl (C=O) groups is 11. The van der Waals surface area contributed by atoms with Gasteiger partial charge >= 0.3 is 0 Å². The van der Waals surface area contributed by atoms with Crippen LogP contribution < -0.4 is 151 Å². The molecule has 0 saturated carbocycles. The number of hydrogen-bond donors (Lipinski definition) is 28. The fourth-order valence-electron chi connectivity index (χ4n) is 9.18. The lowest BCUT2D eigenvalue weighted by atomic mass is 10.0. The lowest BCUT2D eigenvalue weighted by Gasteiger charge is -2.28. The number of primary amides is 1. The number of nitrogens with two attached hydrogens (primary N) is 17. The molecule has 0 bridgehead atoms. The number of rotatable bonds is 54. The third-order valence-electron chi connectivity index (χ3n) is 14.4. The molecule has 11 amide bonds. The summed E-state index contributed by atoms with van der Waals surface area (Å²) in [5, 5.41) is 25.9. The van der Waals surface area contributed by atoms with Gasteiger partial charge in [0.2, 0.25) is 65.0 Å². The number of hydrogen-bond acceptors (Lipinski definition) is 20. The Hall–Kier alpha value is -11.3. The van der Waals surface area contributed by atoms with Crippen molar-refractivity contribution in [3.63, 3.8) is 0 Å². The van der Waals surface area contributed by atoms with E-state index < -0.39 is 132 Å². The summed E-state index contributed by atoms with van der Waals surface area (Å²) in [6.07, 6.45) is -1.04. The average Bonchev–Trinajstić information content (AvgIpc) is 0.858. The molecule has 0 aliphatic rings. The van der Waals surface area contributed by atoms with Crippen molar-refractivity contribution in [1.82, 2.24) is 53.2 Å². The fourth-order valence-corrected chi connectivity index (χ4v) is 9.45. The van der Waals surface area contributed by atoms with Gasteiger partial charge in [0.05, 0.1) is 6.54 Å². The summed E-state index contributed by atoms with van der Waals surface area (Å²) in [5.41, 5.74) is 94.5. The molecule has 0 aromatic heterocycles. The molecule has 0 aliphatic heterocycles. The number of thiol groups is 1. The van der Waals surface area contributed by atoms with Gasteiger partial charge in [0.1, 0.15) is 54.4 Å². The van der Waals surface area contributed by atoms with E-state index >= 15 is 0 Å². The predicted octanol–water partition coefficient (Wildman–Crippen LogP) is -13.0. The second kappa shape index (κ2) is 52.6. The standard InChI is InChI=1S/C57H113N35O11S/c1-29(2)41(95)83-27-39(93)84-30(11-3-19-75-50(59)60)42(96)85-31(12-4-20-76-51(61)62)43(97)86-32(13-5-21-77-52(63)64)44(98)87-33(14-6-22-78-53(65)66)45(99)88-34(15-7-23-79-54(67)68)46(100)89-35(16-8-24-80-55(69)70)47(101)90-36(17-9-25-81-56(71)72)48(102)91-37(18-10-26-82-57(73)74)49(103)92-38(28-104)40(58)94/h29-38,104H,3-28H2,1-2H3,(H2,58,94)(H,83,95)(H,84,93)(H,85,96)(H,86,97)(H,87,98)(H,88,99)(H,89,100)(H,90,101)(H,91,102)(H,92,103)(H4,59,60,75)(H4,61,62,76)(H4,63,64,77)(H4,65,66,78)(H4,67,68,79)(H4,69,70,80)(H4,71,72,81)(H4,73,74,82)/t30-,31-,32-,33-,34-,35-,36-,37-,38-/m1/s1. The van der Waals surface area contributed by atoms with Crippen molar-refractivity contribution < 1.29 is 52.7 Å². The van der Waals surface area contributed by atoms with Crippen LogP contribution in [0.15, 0.2) is 39.9 Å². The van der Waals surface area contributed by atoms with Crippen LogP contribution in [0.3, 0.4) is 0 Å². The third-order valence-corrected chi connectivity index (χ3v) is 14.8. The smallest absolute Gasteiger partial charge is 0.243 e. The number of nitrogens with one attached hydrogen (secondary N) is 10. The lowest BCUT2D eigenvalue weighted by molar-refractivity contribution is -0.136. The van der Waals surface area contributed by atoms with Gasteiger partial charge in [0, 0.05) is 64.0 Å². The molecule has 0 aromatic carbocycles. The minimum absolute atomic E-state index is 0.00121. The molecule has 0 fully saturated rings. The Morgan fingerprint density at radius 2 is 0.423 bits per heavy atom. The van der Waals surface area contributed by atoms with Crippen molar-refractivity contribution in [3.8, 4) is 0 Å². The van der Waals surface area contributed by atoms with E-state index in [2.05, 4.69) is 106 Å². The Bertz CT molecular complexity index is 3010. The van der Waals surface area contributed by atoms with Gasteiger partial charge in [-0.15, -0.1) is 0 Å². The van der Waals surface area contributed by atoms with Crippen LogP contribution in [0.4, 0.5) is 0 Å². The summed E-state index contributed by atoms with van der Waals surface area (Å²) >= 11 is 4.09. The maximum Gasteiger partial charge on any atom is 0.243 e. The second-order valence-corrected chi connectivity index (χ2v) is 24.0. The Balaban J connectivity index is 7.91. The molecule has 0 aromatic rings. The molecule has 46 nitrogen and oxygen atoms in total. The molecular weight excluding hydrogens is 1380 g/mol. The summed E-state index contributed by atoms with van der Waals surface area (Å²) in [6.45, 7) is 2.35. The molecule has 588 valence electrons. The summed E-state index contributed by atoms with van der Waals surface area (Å²) < 4.78 is 0. The lowest BCUT2D eigenvalue weighted by Crippen LogP contribution is -2.60. The molecular formula is C57H113N35O11S. The number of carbonyl (C=O) groups excluding carboxylic acids is 11. The number of nitrogens with zero attached hydrogens (tertiary/aromatic N) is 8.